The first kappa shape index (κ1) is 30.0. The van der Waals surface area contributed by atoms with E-state index in [1.807, 2.05) is 57.3 Å². The monoisotopic (exact) mass is 456 g/mol. The van der Waals surface area contributed by atoms with Gasteiger partial charge >= 0.3 is 0 Å². The van der Waals surface area contributed by atoms with Crippen LogP contribution in [0.5, 0.6) is 0 Å². The summed E-state index contributed by atoms with van der Waals surface area (Å²) in [6.45, 7) is 17.9. The maximum atomic E-state index is 12.1. The predicted molar refractivity (Wildman–Crippen MR) is 144 cm³/mol. The Morgan fingerprint density at radius 2 is 1.62 bits per heavy atom. The van der Waals surface area contributed by atoms with E-state index in [2.05, 4.69) is 64.2 Å². The van der Waals surface area contributed by atoms with Crippen molar-refractivity contribution in [1.29, 1.82) is 0 Å². The van der Waals surface area contributed by atoms with E-state index in [4.69, 9.17) is 0 Å². The molecule has 1 rings (SSSR count). The molecule has 4 heteroatoms. The summed E-state index contributed by atoms with van der Waals surface area (Å²) in [5.41, 5.74) is 2.23. The highest BCUT2D eigenvalue weighted by atomic mass is 32.2. The Morgan fingerprint density at radius 3 is 2.09 bits per heavy atom. The van der Waals surface area contributed by atoms with Gasteiger partial charge in [0, 0.05) is 42.6 Å². The molecule has 1 N–H and O–H groups in total. The number of hydrogen-bond acceptors (Lipinski definition) is 3. The highest BCUT2D eigenvalue weighted by Gasteiger charge is 2.18. The normalized spacial score (nSPS) is 12.9. The summed E-state index contributed by atoms with van der Waals surface area (Å²) in [6, 6.07) is 10.3. The number of nitrogens with zero attached hydrogens (tertiary/aromatic N) is 1. The summed E-state index contributed by atoms with van der Waals surface area (Å²) in [7, 11) is 1.86. The highest BCUT2D eigenvalue weighted by molar-refractivity contribution is 8.03. The Balaban J connectivity index is 0.00000220. The molecular weight excluding hydrogens is 412 g/mol. The molecular formula is C28H44N2OS. The van der Waals surface area contributed by atoms with Gasteiger partial charge in [0.25, 0.3) is 0 Å². The lowest BCUT2D eigenvalue weighted by atomic mass is 10.1. The van der Waals surface area contributed by atoms with Crippen LogP contribution in [0.25, 0.3) is 0 Å². The molecule has 3 nitrogen and oxygen atoms in total. The summed E-state index contributed by atoms with van der Waals surface area (Å²) < 4.78 is 0. The van der Waals surface area contributed by atoms with Gasteiger partial charge in [0.15, 0.2) is 0 Å². The van der Waals surface area contributed by atoms with Crippen molar-refractivity contribution in [3.63, 3.8) is 0 Å². The molecule has 0 saturated carbocycles. The van der Waals surface area contributed by atoms with Crippen LogP contribution in [0.2, 0.25) is 0 Å². The van der Waals surface area contributed by atoms with Gasteiger partial charge in [-0.2, -0.15) is 0 Å². The summed E-state index contributed by atoms with van der Waals surface area (Å²) in [6.07, 6.45) is 10.3. The number of allylic oxidation sites excluding steroid dienone is 5. The average molecular weight is 457 g/mol. The predicted octanol–water partition coefficient (Wildman–Crippen LogP) is 7.46. The number of benzene rings is 1. The lowest BCUT2D eigenvalue weighted by Crippen LogP contribution is -2.32. The largest absolute Gasteiger partial charge is 0.317 e. The van der Waals surface area contributed by atoms with Gasteiger partial charge in [-0.3, -0.25) is 4.79 Å². The van der Waals surface area contributed by atoms with Crippen LogP contribution in [0.15, 0.2) is 81.8 Å². The smallest absolute Gasteiger partial charge is 0.223 e. The molecule has 0 saturated heterocycles. The Bertz CT molecular complexity index is 771. The topological polar surface area (TPSA) is 32.3 Å². The third kappa shape index (κ3) is 13.4. The van der Waals surface area contributed by atoms with Crippen molar-refractivity contribution >= 4 is 17.7 Å². The molecule has 0 fully saturated rings. The lowest BCUT2D eigenvalue weighted by Gasteiger charge is -2.26. The molecule has 0 bridgehead atoms. The van der Waals surface area contributed by atoms with Crippen LogP contribution in [0.3, 0.4) is 0 Å². The zero-order valence-electron chi connectivity index (χ0n) is 21.6. The van der Waals surface area contributed by atoms with Crippen molar-refractivity contribution in [2.75, 3.05) is 20.1 Å². The highest BCUT2D eigenvalue weighted by Crippen LogP contribution is 2.34. The van der Waals surface area contributed by atoms with Crippen LogP contribution in [-0.2, 0) is 4.79 Å². The van der Waals surface area contributed by atoms with E-state index in [-0.39, 0.29) is 5.91 Å². The van der Waals surface area contributed by atoms with Crippen molar-refractivity contribution in [2.24, 2.45) is 11.8 Å². The van der Waals surface area contributed by atoms with Crippen LogP contribution in [0.4, 0.5) is 0 Å². The molecule has 0 atom stereocenters. The molecule has 0 aliphatic carbocycles. The molecule has 0 spiro atoms. The second-order valence-corrected chi connectivity index (χ2v) is 9.68. The molecule has 178 valence electrons. The van der Waals surface area contributed by atoms with Crippen LogP contribution in [0.1, 0.15) is 55.4 Å². The number of nitrogens with one attached hydrogen (secondary N) is 1. The lowest BCUT2D eigenvalue weighted by molar-refractivity contribution is -0.125. The van der Waals surface area contributed by atoms with Gasteiger partial charge in [-0.05, 0) is 43.4 Å². The Hall–Kier alpha value is -2.04. The average Bonchev–Trinajstić information content (AvgIpc) is 2.73. The maximum Gasteiger partial charge on any atom is 0.223 e. The number of amides is 1. The van der Waals surface area contributed by atoms with Gasteiger partial charge < -0.3 is 10.2 Å². The molecule has 32 heavy (non-hydrogen) atoms. The van der Waals surface area contributed by atoms with Crippen molar-refractivity contribution in [1.82, 2.24) is 10.2 Å². The summed E-state index contributed by atoms with van der Waals surface area (Å²) >= 11 is 1.74. The van der Waals surface area contributed by atoms with Gasteiger partial charge in [0.1, 0.15) is 0 Å². The molecule has 0 radical (unpaired) electrons. The maximum absolute atomic E-state index is 12.1. The van der Waals surface area contributed by atoms with Gasteiger partial charge in [-0.25, -0.2) is 0 Å². The molecule has 0 aliphatic rings. The van der Waals surface area contributed by atoms with Crippen LogP contribution in [0, 0.1) is 11.8 Å². The number of carbonyl (C=O) groups excluding carboxylic acids is 1. The minimum Gasteiger partial charge on any atom is -0.317 e. The minimum atomic E-state index is 0.0433. The van der Waals surface area contributed by atoms with E-state index in [9.17, 15) is 4.79 Å². The summed E-state index contributed by atoms with van der Waals surface area (Å²) in [5.74, 6) is 1.19. The summed E-state index contributed by atoms with van der Waals surface area (Å²) in [5, 5.41) is 3.52. The summed E-state index contributed by atoms with van der Waals surface area (Å²) in [4.78, 5) is 16.3. The van der Waals surface area contributed by atoms with E-state index in [1.54, 1.807) is 23.6 Å². The fourth-order valence-electron chi connectivity index (χ4n) is 2.62. The van der Waals surface area contributed by atoms with Gasteiger partial charge in [-0.15, -0.1) is 0 Å². The van der Waals surface area contributed by atoms with E-state index in [0.29, 0.717) is 12.5 Å². The molecule has 0 heterocycles. The third-order valence-corrected chi connectivity index (χ3v) is 5.60. The quantitative estimate of drug-likeness (QED) is 0.293. The third-order valence-electron chi connectivity index (χ3n) is 4.16. The Labute approximate surface area is 201 Å². The molecule has 0 aliphatic heterocycles. The number of carbonyl (C=O) groups is 1. The molecule has 0 unspecified atom stereocenters. The second kappa shape index (κ2) is 17.5. The van der Waals surface area contributed by atoms with Crippen LogP contribution in [-0.4, -0.2) is 30.9 Å². The zero-order valence-corrected chi connectivity index (χ0v) is 22.4. The van der Waals surface area contributed by atoms with E-state index < -0.39 is 0 Å². The van der Waals surface area contributed by atoms with Crippen LogP contribution >= 0.6 is 11.8 Å². The fourth-order valence-corrected chi connectivity index (χ4v) is 3.73. The molecule has 1 amide bonds. The Morgan fingerprint density at radius 1 is 1.03 bits per heavy atom. The first-order chi connectivity index (χ1) is 15.1. The van der Waals surface area contributed by atoms with Crippen molar-refractivity contribution < 1.29 is 4.79 Å². The number of likely N-dealkylation sites (N-methyl/N-ethyl adjacent to an activating group) is 1. The fraction of sp³-hybridized carbons (Fsp3) is 0.464. The zero-order chi connectivity index (χ0) is 24.5. The number of thioether (sulfide) groups is 1. The number of rotatable bonds is 10. The Kier molecular flexibility index (Phi) is 16.4. The number of hydrogen-bond donors (Lipinski definition) is 1. The van der Waals surface area contributed by atoms with Gasteiger partial charge in [-0.1, -0.05) is 95.0 Å². The SMILES string of the molecule is CC(C)C.C\C=C/C(=C\C=C\C)CNC/C(=C(\Sc1ccccc1)C(C)C)N(C)C(C)=O. The minimum absolute atomic E-state index is 0.0433. The van der Waals surface area contributed by atoms with Gasteiger partial charge in [0.05, 0.1) is 0 Å². The van der Waals surface area contributed by atoms with Crippen molar-refractivity contribution in [3.8, 4) is 0 Å². The van der Waals surface area contributed by atoms with E-state index in [0.717, 1.165) is 18.2 Å². The van der Waals surface area contributed by atoms with E-state index in [1.165, 1.54) is 15.4 Å². The van der Waals surface area contributed by atoms with Crippen molar-refractivity contribution in [3.05, 3.63) is 76.9 Å². The van der Waals surface area contributed by atoms with Crippen LogP contribution < -0.4 is 5.32 Å². The molecule has 1 aromatic carbocycles. The van der Waals surface area contributed by atoms with E-state index >= 15 is 0 Å². The standard InChI is InChI=1S/C24H34N2OS.C4H10/c1-7-9-14-21(13-8-2)17-25-18-23(26(6)20(5)27)24(19(3)4)28-22-15-11-10-12-16-22;1-4(2)3/h7-16,19,25H,17-18H2,1-6H3;4H,1-3H3/b9-7+,13-8-,21-14+,24-23+;. The second-order valence-electron chi connectivity index (χ2n) is 8.56. The first-order valence-corrected chi connectivity index (χ1v) is 12.3. The molecule has 0 aromatic heterocycles. The molecule has 1 aromatic rings. The first-order valence-electron chi connectivity index (χ1n) is 11.5. The van der Waals surface area contributed by atoms with Gasteiger partial charge in [0.2, 0.25) is 5.91 Å². The van der Waals surface area contributed by atoms with Crippen molar-refractivity contribution in [2.45, 2.75) is 60.3 Å².